The number of aromatic nitrogens is 3. The van der Waals surface area contributed by atoms with E-state index in [1.165, 1.54) is 21.6 Å². The Balaban J connectivity index is 1.54. The number of amides is 1. The maximum atomic E-state index is 15.4. The molecule has 1 amide bonds. The van der Waals surface area contributed by atoms with Gasteiger partial charge in [-0.15, -0.1) is 0 Å². The van der Waals surface area contributed by atoms with Gasteiger partial charge in [0.05, 0.1) is 22.6 Å². The predicted molar refractivity (Wildman–Crippen MR) is 147 cm³/mol. The summed E-state index contributed by atoms with van der Waals surface area (Å²) in [7, 11) is 3.11. The summed E-state index contributed by atoms with van der Waals surface area (Å²) in [5.41, 5.74) is 3.71. The highest BCUT2D eigenvalue weighted by atomic mass is 35.5. The second-order valence-electron chi connectivity index (χ2n) is 10.2. The van der Waals surface area contributed by atoms with Crippen molar-refractivity contribution in [2.75, 3.05) is 14.1 Å². The molecule has 1 aliphatic carbocycles. The van der Waals surface area contributed by atoms with E-state index in [0.29, 0.717) is 22.6 Å². The maximum Gasteiger partial charge on any atom is 0.274 e. The highest BCUT2D eigenvalue weighted by molar-refractivity contribution is 6.31. The Hall–Kier alpha value is -3.91. The molecule has 1 aromatic carbocycles. The van der Waals surface area contributed by atoms with E-state index in [1.807, 2.05) is 19.9 Å². The van der Waals surface area contributed by atoms with Gasteiger partial charge < -0.3 is 4.90 Å². The molecule has 200 valence electrons. The molecule has 2 atom stereocenters. The third-order valence-corrected chi connectivity index (χ3v) is 7.58. The molecule has 0 bridgehead atoms. The minimum absolute atomic E-state index is 0.0103. The summed E-state index contributed by atoms with van der Waals surface area (Å²) in [5, 5.41) is 0.106. The van der Waals surface area contributed by atoms with Gasteiger partial charge in [0.15, 0.2) is 0 Å². The number of benzene rings is 1. The second-order valence-corrected chi connectivity index (χ2v) is 10.5. The van der Waals surface area contributed by atoms with Crippen molar-refractivity contribution < 1.29 is 13.6 Å². The molecule has 39 heavy (non-hydrogen) atoms. The smallest absolute Gasteiger partial charge is 0.274 e. The van der Waals surface area contributed by atoms with Crippen LogP contribution in [0.15, 0.2) is 53.5 Å². The van der Waals surface area contributed by atoms with E-state index in [9.17, 15) is 14.0 Å². The molecule has 0 unspecified atom stereocenters. The number of pyridine rings is 3. The number of carbonyl (C=O) groups is 1. The van der Waals surface area contributed by atoms with Gasteiger partial charge in [-0.3, -0.25) is 24.1 Å². The molecule has 4 aromatic rings. The van der Waals surface area contributed by atoms with Crippen molar-refractivity contribution in [1.82, 2.24) is 19.4 Å². The number of hydrogen-bond donors (Lipinski definition) is 0. The van der Waals surface area contributed by atoms with Gasteiger partial charge in [-0.1, -0.05) is 17.7 Å². The Bertz CT molecular complexity index is 1700. The summed E-state index contributed by atoms with van der Waals surface area (Å²) in [4.78, 5) is 36.1. The Labute approximate surface area is 229 Å². The fourth-order valence-corrected chi connectivity index (χ4v) is 5.26. The monoisotopic (exact) mass is 548 g/mol. The van der Waals surface area contributed by atoms with E-state index >= 15 is 4.39 Å². The molecule has 0 spiro atoms. The van der Waals surface area contributed by atoms with Crippen LogP contribution in [-0.2, 0) is 0 Å². The average molecular weight is 549 g/mol. The van der Waals surface area contributed by atoms with Crippen molar-refractivity contribution in [1.29, 1.82) is 0 Å². The van der Waals surface area contributed by atoms with Crippen LogP contribution in [-0.4, -0.2) is 39.4 Å². The lowest BCUT2D eigenvalue weighted by molar-refractivity contribution is 0.0823. The van der Waals surface area contributed by atoms with Gasteiger partial charge in [0, 0.05) is 43.2 Å². The number of hydrogen-bond acceptors (Lipinski definition) is 4. The topological polar surface area (TPSA) is 68.1 Å². The molecule has 1 fully saturated rings. The van der Waals surface area contributed by atoms with Crippen LogP contribution >= 0.6 is 11.6 Å². The summed E-state index contributed by atoms with van der Waals surface area (Å²) in [5.74, 6) is -1.42. The highest BCUT2D eigenvalue weighted by Crippen LogP contribution is 2.55. The lowest BCUT2D eigenvalue weighted by Crippen LogP contribution is -2.23. The summed E-state index contributed by atoms with van der Waals surface area (Å²) in [6.45, 7) is 5.25. The minimum atomic E-state index is -0.680. The lowest BCUT2D eigenvalue weighted by atomic mass is 10.0. The molecule has 0 saturated heterocycles. The fraction of sp³-hybridized carbons (Fsp3) is 0.267. The third-order valence-electron chi connectivity index (χ3n) is 7.20. The van der Waals surface area contributed by atoms with Gasteiger partial charge in [-0.05, 0) is 80.6 Å². The van der Waals surface area contributed by atoms with Gasteiger partial charge in [-0.25, -0.2) is 8.78 Å². The van der Waals surface area contributed by atoms with Crippen LogP contribution in [0.1, 0.15) is 56.8 Å². The summed E-state index contributed by atoms with van der Waals surface area (Å²) in [6, 6.07) is 11.2. The zero-order valence-electron chi connectivity index (χ0n) is 22.2. The highest BCUT2D eigenvalue weighted by Gasteiger charge is 2.42. The Morgan fingerprint density at radius 1 is 1.08 bits per heavy atom. The number of rotatable bonds is 5. The van der Waals surface area contributed by atoms with Crippen LogP contribution in [0.4, 0.5) is 8.78 Å². The number of carbonyl (C=O) groups excluding carboxylic acids is 1. The molecule has 0 N–H and O–H groups in total. The summed E-state index contributed by atoms with van der Waals surface area (Å²) in [6.07, 6.45) is 2.33. The third kappa shape index (κ3) is 4.74. The average Bonchev–Trinajstić information content (AvgIpc) is 3.69. The summed E-state index contributed by atoms with van der Waals surface area (Å²) < 4.78 is 30.6. The minimum Gasteiger partial charge on any atom is -0.345 e. The molecule has 0 radical (unpaired) electrons. The van der Waals surface area contributed by atoms with E-state index in [-0.39, 0.29) is 39.5 Å². The van der Waals surface area contributed by atoms with Crippen molar-refractivity contribution in [3.8, 4) is 16.9 Å². The van der Waals surface area contributed by atoms with Crippen LogP contribution in [0, 0.1) is 32.4 Å². The van der Waals surface area contributed by atoms with Crippen LogP contribution < -0.4 is 5.56 Å². The lowest BCUT2D eigenvalue weighted by Gasteiger charge is -2.17. The Morgan fingerprint density at radius 2 is 1.82 bits per heavy atom. The zero-order valence-corrected chi connectivity index (χ0v) is 23.0. The van der Waals surface area contributed by atoms with Crippen molar-refractivity contribution >= 4 is 17.5 Å². The van der Waals surface area contributed by atoms with Gasteiger partial charge >= 0.3 is 0 Å². The molecule has 3 aromatic heterocycles. The molecule has 9 heteroatoms. The van der Waals surface area contributed by atoms with E-state index in [0.717, 1.165) is 17.7 Å². The molecule has 1 aliphatic rings. The normalized spacial score (nSPS) is 16.3. The number of aryl methyl sites for hydroxylation is 3. The van der Waals surface area contributed by atoms with Crippen molar-refractivity contribution in [3.63, 3.8) is 0 Å². The van der Waals surface area contributed by atoms with Gasteiger partial charge in [0.2, 0.25) is 0 Å². The van der Waals surface area contributed by atoms with Crippen LogP contribution in [0.25, 0.3) is 16.9 Å². The molecule has 1 saturated carbocycles. The molecule has 5 rings (SSSR count). The first-order valence-corrected chi connectivity index (χ1v) is 12.9. The van der Waals surface area contributed by atoms with Crippen molar-refractivity contribution in [2.45, 2.75) is 39.0 Å². The van der Waals surface area contributed by atoms with E-state index in [4.69, 9.17) is 11.6 Å². The van der Waals surface area contributed by atoms with E-state index in [1.54, 1.807) is 51.5 Å². The number of halogens is 3. The second kappa shape index (κ2) is 10.0. The molecule has 0 aliphatic heterocycles. The SMILES string of the molecule is Cc1cnc(-c2cccc(C(=O)N(C)C)c2F)cc1-n1c(C)cc([C@H]2C[C@@H]2c2ccc(F)c(C)n2)c(Cl)c1=O. The number of nitrogens with zero attached hydrogens (tertiary/aromatic N) is 4. The fourth-order valence-electron chi connectivity index (χ4n) is 4.98. The summed E-state index contributed by atoms with van der Waals surface area (Å²) >= 11 is 6.65. The van der Waals surface area contributed by atoms with Crippen LogP contribution in [0.5, 0.6) is 0 Å². The first kappa shape index (κ1) is 26.7. The van der Waals surface area contributed by atoms with Gasteiger partial charge in [-0.2, -0.15) is 0 Å². The standard InChI is InChI=1S/C30H27ClF2N4O2/c1-15-14-34-25(18-7-6-8-19(28(18)33)29(38)36(4)5)13-26(15)37-16(2)11-22(27(31)30(37)39)20-12-21(20)24-10-9-23(32)17(3)35-24/h6-11,13-14,20-21H,12H2,1-5H3/t20-,21-/m0/s1. The van der Waals surface area contributed by atoms with Crippen LogP contribution in [0.2, 0.25) is 5.02 Å². The molecular formula is C30H27ClF2N4O2. The molecular weight excluding hydrogens is 522 g/mol. The van der Waals surface area contributed by atoms with Crippen LogP contribution in [0.3, 0.4) is 0 Å². The van der Waals surface area contributed by atoms with Gasteiger partial charge in [0.25, 0.3) is 11.5 Å². The predicted octanol–water partition coefficient (Wildman–Crippen LogP) is 6.12. The molecule has 6 nitrogen and oxygen atoms in total. The van der Waals surface area contributed by atoms with Gasteiger partial charge in [0.1, 0.15) is 16.7 Å². The first-order chi connectivity index (χ1) is 18.5. The van der Waals surface area contributed by atoms with Crippen molar-refractivity contribution in [3.05, 3.63) is 109 Å². The Morgan fingerprint density at radius 3 is 2.51 bits per heavy atom. The van der Waals surface area contributed by atoms with E-state index < -0.39 is 17.3 Å². The quantitative estimate of drug-likeness (QED) is 0.301. The first-order valence-electron chi connectivity index (χ1n) is 12.5. The van der Waals surface area contributed by atoms with Crippen molar-refractivity contribution in [2.24, 2.45) is 0 Å². The maximum absolute atomic E-state index is 15.4. The zero-order chi connectivity index (χ0) is 28.2. The molecule has 3 heterocycles. The Kier molecular flexibility index (Phi) is 6.84. The largest absolute Gasteiger partial charge is 0.345 e. The van der Waals surface area contributed by atoms with E-state index in [2.05, 4.69) is 9.97 Å².